The first-order valence-corrected chi connectivity index (χ1v) is 3.94. The van der Waals surface area contributed by atoms with E-state index >= 15 is 0 Å². The summed E-state index contributed by atoms with van der Waals surface area (Å²) in [6.45, 7) is 2.95. The summed E-state index contributed by atoms with van der Waals surface area (Å²) < 4.78 is 0. The first-order valence-electron chi connectivity index (χ1n) is 3.94. The highest BCUT2D eigenvalue weighted by Crippen LogP contribution is 2.02. The second-order valence-electron chi connectivity index (χ2n) is 2.87. The van der Waals surface area contributed by atoms with Crippen molar-refractivity contribution in [2.75, 3.05) is 6.54 Å². The third kappa shape index (κ3) is 1.28. The van der Waals surface area contributed by atoms with Gasteiger partial charge < -0.3 is 5.32 Å². The molecule has 12 heavy (non-hydrogen) atoms. The molecule has 2 rings (SSSR count). The molecule has 0 aromatic carbocycles. The summed E-state index contributed by atoms with van der Waals surface area (Å²) in [7, 11) is 0. The van der Waals surface area contributed by atoms with E-state index in [-0.39, 0.29) is 0 Å². The van der Waals surface area contributed by atoms with Crippen molar-refractivity contribution in [3.05, 3.63) is 24.0 Å². The molecular weight excluding hydrogens is 152 g/mol. The van der Waals surface area contributed by atoms with Gasteiger partial charge in [-0.15, -0.1) is 0 Å². The molecule has 0 saturated heterocycles. The number of nitrogens with zero attached hydrogens (tertiary/aromatic N) is 3. The minimum absolute atomic E-state index is 0.438. The van der Waals surface area contributed by atoms with E-state index in [4.69, 9.17) is 0 Å². The largest absolute Gasteiger partial charge is 0.366 e. The van der Waals surface area contributed by atoms with Crippen molar-refractivity contribution in [3.8, 4) is 0 Å². The first-order chi connectivity index (χ1) is 5.86. The van der Waals surface area contributed by atoms with Crippen LogP contribution in [0.3, 0.4) is 0 Å². The lowest BCUT2D eigenvalue weighted by Gasteiger charge is -2.04. The summed E-state index contributed by atoms with van der Waals surface area (Å²) in [5.74, 6) is 0.928. The number of amidine groups is 1. The fourth-order valence-electron chi connectivity index (χ4n) is 1.16. The van der Waals surface area contributed by atoms with Crippen LogP contribution in [0.1, 0.15) is 12.5 Å². The third-order valence-electron chi connectivity index (χ3n) is 1.76. The average Bonchev–Trinajstić information content (AvgIpc) is 2.54. The SMILES string of the molecule is CC1CN=C(c2ccnnc2)N1. The Morgan fingerprint density at radius 2 is 2.42 bits per heavy atom. The van der Waals surface area contributed by atoms with Crippen LogP contribution in [0.25, 0.3) is 0 Å². The van der Waals surface area contributed by atoms with Crippen LogP contribution < -0.4 is 5.32 Å². The highest BCUT2D eigenvalue weighted by atomic mass is 15.1. The zero-order chi connectivity index (χ0) is 8.39. The zero-order valence-electron chi connectivity index (χ0n) is 6.86. The second-order valence-corrected chi connectivity index (χ2v) is 2.87. The molecule has 1 atom stereocenters. The monoisotopic (exact) mass is 162 g/mol. The van der Waals surface area contributed by atoms with Gasteiger partial charge in [0.05, 0.1) is 18.9 Å². The Morgan fingerprint density at radius 1 is 1.50 bits per heavy atom. The van der Waals surface area contributed by atoms with Gasteiger partial charge in [0.15, 0.2) is 0 Å². The smallest absolute Gasteiger partial charge is 0.130 e. The predicted molar refractivity (Wildman–Crippen MR) is 46.0 cm³/mol. The van der Waals surface area contributed by atoms with Gasteiger partial charge >= 0.3 is 0 Å². The van der Waals surface area contributed by atoms with Crippen molar-refractivity contribution in [2.45, 2.75) is 13.0 Å². The van der Waals surface area contributed by atoms with E-state index in [0.717, 1.165) is 17.9 Å². The lowest BCUT2D eigenvalue weighted by Crippen LogP contribution is -2.27. The van der Waals surface area contributed by atoms with Gasteiger partial charge in [-0.1, -0.05) is 0 Å². The van der Waals surface area contributed by atoms with Crippen LogP contribution in [-0.4, -0.2) is 28.6 Å². The molecule has 0 radical (unpaired) electrons. The maximum absolute atomic E-state index is 4.32. The van der Waals surface area contributed by atoms with Crippen molar-refractivity contribution in [2.24, 2.45) is 4.99 Å². The van der Waals surface area contributed by atoms with Gasteiger partial charge in [-0.25, -0.2) is 0 Å². The van der Waals surface area contributed by atoms with Crippen LogP contribution in [0.5, 0.6) is 0 Å². The van der Waals surface area contributed by atoms with E-state index < -0.39 is 0 Å². The molecule has 62 valence electrons. The molecule has 1 aliphatic rings. The minimum atomic E-state index is 0.438. The number of aromatic nitrogens is 2. The number of rotatable bonds is 1. The number of nitrogens with one attached hydrogen (secondary N) is 1. The van der Waals surface area contributed by atoms with E-state index in [1.807, 2.05) is 6.07 Å². The normalized spacial score (nSPS) is 21.8. The Kier molecular flexibility index (Phi) is 1.74. The summed E-state index contributed by atoms with van der Waals surface area (Å²) in [6.07, 6.45) is 3.38. The van der Waals surface area contributed by atoms with Crippen molar-refractivity contribution in [1.29, 1.82) is 0 Å². The Balaban J connectivity index is 2.22. The van der Waals surface area contributed by atoms with Gasteiger partial charge in [0.25, 0.3) is 0 Å². The van der Waals surface area contributed by atoms with Gasteiger partial charge in [-0.05, 0) is 13.0 Å². The predicted octanol–water partition coefficient (Wildman–Crippen LogP) is 0.215. The fourth-order valence-corrected chi connectivity index (χ4v) is 1.16. The van der Waals surface area contributed by atoms with Gasteiger partial charge in [0.1, 0.15) is 5.84 Å². The van der Waals surface area contributed by atoms with E-state index in [9.17, 15) is 0 Å². The number of hydrogen-bond acceptors (Lipinski definition) is 4. The van der Waals surface area contributed by atoms with Crippen LogP contribution in [0.15, 0.2) is 23.5 Å². The highest BCUT2D eigenvalue weighted by Gasteiger charge is 2.13. The molecule has 2 heterocycles. The topological polar surface area (TPSA) is 50.2 Å². The van der Waals surface area contributed by atoms with Crippen LogP contribution in [-0.2, 0) is 0 Å². The van der Waals surface area contributed by atoms with Gasteiger partial charge in [0.2, 0.25) is 0 Å². The molecule has 0 fully saturated rings. The van der Waals surface area contributed by atoms with E-state index in [1.54, 1.807) is 12.4 Å². The van der Waals surface area contributed by atoms with Gasteiger partial charge in [0, 0.05) is 11.6 Å². The number of hydrogen-bond donors (Lipinski definition) is 1. The molecule has 4 heteroatoms. The number of aliphatic imine (C=N–C) groups is 1. The lowest BCUT2D eigenvalue weighted by atomic mass is 10.3. The summed E-state index contributed by atoms with van der Waals surface area (Å²) >= 11 is 0. The molecule has 1 aromatic rings. The molecule has 0 aliphatic carbocycles. The van der Waals surface area contributed by atoms with Gasteiger partial charge in [-0.2, -0.15) is 10.2 Å². The Bertz CT molecular complexity index is 293. The molecule has 0 bridgehead atoms. The van der Waals surface area contributed by atoms with Crippen LogP contribution in [0, 0.1) is 0 Å². The Labute approximate surface area is 70.7 Å². The average molecular weight is 162 g/mol. The van der Waals surface area contributed by atoms with Crippen molar-refractivity contribution in [1.82, 2.24) is 15.5 Å². The maximum atomic E-state index is 4.32. The minimum Gasteiger partial charge on any atom is -0.366 e. The first kappa shape index (κ1) is 7.21. The summed E-state index contributed by atoms with van der Waals surface area (Å²) in [5.41, 5.74) is 1.01. The quantitative estimate of drug-likeness (QED) is 0.642. The third-order valence-corrected chi connectivity index (χ3v) is 1.76. The van der Waals surface area contributed by atoms with Crippen LogP contribution >= 0.6 is 0 Å². The molecule has 0 saturated carbocycles. The molecule has 1 aromatic heterocycles. The molecule has 1 N–H and O–H groups in total. The lowest BCUT2D eigenvalue weighted by molar-refractivity contribution is 0.726. The molecule has 1 aliphatic heterocycles. The summed E-state index contributed by atoms with van der Waals surface area (Å²) in [5, 5.41) is 10.7. The molecule has 1 unspecified atom stereocenters. The van der Waals surface area contributed by atoms with E-state index in [0.29, 0.717) is 6.04 Å². The van der Waals surface area contributed by atoms with Crippen LogP contribution in [0.4, 0.5) is 0 Å². The Morgan fingerprint density at radius 3 is 3.00 bits per heavy atom. The van der Waals surface area contributed by atoms with E-state index in [1.165, 1.54) is 0 Å². The standard InChI is InChI=1S/C8H10N4/c1-6-4-9-8(12-6)7-2-3-10-11-5-7/h2-3,5-6H,4H2,1H3,(H,9,12). The van der Waals surface area contributed by atoms with Crippen molar-refractivity contribution in [3.63, 3.8) is 0 Å². The van der Waals surface area contributed by atoms with Crippen LogP contribution in [0.2, 0.25) is 0 Å². The van der Waals surface area contributed by atoms with Gasteiger partial charge in [-0.3, -0.25) is 4.99 Å². The van der Waals surface area contributed by atoms with E-state index in [2.05, 4.69) is 27.4 Å². The second kappa shape index (κ2) is 2.89. The Hall–Kier alpha value is -1.45. The zero-order valence-corrected chi connectivity index (χ0v) is 6.86. The van der Waals surface area contributed by atoms with Crippen molar-refractivity contribution >= 4 is 5.84 Å². The van der Waals surface area contributed by atoms with Crippen molar-refractivity contribution < 1.29 is 0 Å². The molecule has 0 spiro atoms. The molecule has 4 nitrogen and oxygen atoms in total. The molecular formula is C8H10N4. The molecule has 0 amide bonds. The fraction of sp³-hybridized carbons (Fsp3) is 0.375. The highest BCUT2D eigenvalue weighted by molar-refractivity contribution is 5.99. The summed E-state index contributed by atoms with van der Waals surface area (Å²) in [4.78, 5) is 4.32. The maximum Gasteiger partial charge on any atom is 0.130 e. The summed E-state index contributed by atoms with van der Waals surface area (Å²) in [6, 6.07) is 2.34.